The smallest absolute Gasteiger partial charge is 0.279 e. The van der Waals surface area contributed by atoms with Crippen molar-refractivity contribution < 1.29 is 14.5 Å². The number of nitro benzene ring substituents is 1. The molecule has 3 rings (SSSR count). The third kappa shape index (κ3) is 4.70. The number of ether oxygens (including phenoxy) is 1. The first-order valence-corrected chi connectivity index (χ1v) is 9.88. The van der Waals surface area contributed by atoms with Crippen LogP contribution in [0.25, 0.3) is 10.2 Å². The Morgan fingerprint density at radius 3 is 2.72 bits per heavy atom. The van der Waals surface area contributed by atoms with Gasteiger partial charge in [0.25, 0.3) is 11.6 Å². The van der Waals surface area contributed by atoms with Gasteiger partial charge in [-0.1, -0.05) is 30.6 Å². The normalized spacial score (nSPS) is 11.4. The summed E-state index contributed by atoms with van der Waals surface area (Å²) in [5.41, 5.74) is 1.09. The molecule has 0 spiro atoms. The molecule has 0 aliphatic rings. The predicted molar refractivity (Wildman–Crippen MR) is 112 cm³/mol. The Kier molecular flexibility index (Phi) is 6.42. The molecule has 3 aromatic rings. The van der Waals surface area contributed by atoms with Crippen LogP contribution in [0.15, 0.2) is 47.5 Å². The van der Waals surface area contributed by atoms with Crippen LogP contribution < -0.4 is 9.54 Å². The number of non-ortho nitro benzene ring substituents is 1. The van der Waals surface area contributed by atoms with Crippen molar-refractivity contribution in [2.75, 3.05) is 6.61 Å². The highest BCUT2D eigenvalue weighted by Gasteiger charge is 2.13. The predicted octanol–water partition coefficient (Wildman–Crippen LogP) is 4.16. The number of nitrogens with zero attached hydrogens (tertiary/aromatic N) is 3. The molecule has 0 N–H and O–H groups in total. The molecule has 0 saturated heterocycles. The summed E-state index contributed by atoms with van der Waals surface area (Å²) in [5, 5.41) is 11.0. The standard InChI is InChI=1S/C21H19N3O4S/c1-3-5-13-28-17-9-6-15(7-10-17)20(25)22-21-23(12-4-2)18-11-8-16(24(26)27)14-19(18)29-21/h2,6-11,14H,3,5,12-13H2,1H3. The van der Waals surface area contributed by atoms with Crippen molar-refractivity contribution >= 4 is 33.1 Å². The maximum atomic E-state index is 12.6. The second-order valence-corrected chi connectivity index (χ2v) is 7.24. The molecule has 1 aromatic heterocycles. The molecule has 29 heavy (non-hydrogen) atoms. The van der Waals surface area contributed by atoms with Gasteiger partial charge in [0.2, 0.25) is 0 Å². The summed E-state index contributed by atoms with van der Waals surface area (Å²) in [7, 11) is 0. The molecule has 8 heteroatoms. The van der Waals surface area contributed by atoms with Gasteiger partial charge >= 0.3 is 0 Å². The molecule has 2 aromatic carbocycles. The minimum atomic E-state index is -0.462. The molecule has 0 atom stereocenters. The Hall–Kier alpha value is -3.44. The number of terminal acetylenes is 1. The number of carbonyl (C=O) groups is 1. The first-order chi connectivity index (χ1) is 14.0. The number of thiazole rings is 1. The molecule has 0 aliphatic carbocycles. The van der Waals surface area contributed by atoms with E-state index in [1.165, 1.54) is 23.5 Å². The molecule has 0 radical (unpaired) electrons. The van der Waals surface area contributed by atoms with Crippen LogP contribution in [0.4, 0.5) is 5.69 Å². The number of carbonyl (C=O) groups excluding carboxylic acids is 1. The lowest BCUT2D eigenvalue weighted by atomic mass is 10.2. The van der Waals surface area contributed by atoms with Crippen LogP contribution in [0.3, 0.4) is 0 Å². The highest BCUT2D eigenvalue weighted by Crippen LogP contribution is 2.23. The van der Waals surface area contributed by atoms with Crippen molar-refractivity contribution in [2.45, 2.75) is 26.3 Å². The fourth-order valence-electron chi connectivity index (χ4n) is 2.68. The molecule has 0 aliphatic heterocycles. The first kappa shape index (κ1) is 20.3. The Balaban J connectivity index is 1.94. The zero-order valence-electron chi connectivity index (χ0n) is 15.8. The second kappa shape index (κ2) is 9.17. The van der Waals surface area contributed by atoms with Gasteiger partial charge in [-0.3, -0.25) is 14.9 Å². The zero-order chi connectivity index (χ0) is 20.8. The summed E-state index contributed by atoms with van der Waals surface area (Å²) in [4.78, 5) is 27.8. The lowest BCUT2D eigenvalue weighted by Crippen LogP contribution is -2.16. The monoisotopic (exact) mass is 409 g/mol. The lowest BCUT2D eigenvalue weighted by Gasteiger charge is -2.05. The fraction of sp³-hybridized carbons (Fsp3) is 0.238. The van der Waals surface area contributed by atoms with Crippen LogP contribution in [0.5, 0.6) is 5.75 Å². The zero-order valence-corrected chi connectivity index (χ0v) is 16.6. The van der Waals surface area contributed by atoms with Crippen molar-refractivity contribution in [2.24, 2.45) is 4.99 Å². The second-order valence-electron chi connectivity index (χ2n) is 6.23. The number of hydrogen-bond acceptors (Lipinski definition) is 5. The van der Waals surface area contributed by atoms with Gasteiger partial charge in [0.05, 0.1) is 28.3 Å². The molecule has 0 bridgehead atoms. The largest absolute Gasteiger partial charge is 0.494 e. The van der Waals surface area contributed by atoms with E-state index < -0.39 is 10.8 Å². The molecule has 1 heterocycles. The van der Waals surface area contributed by atoms with Crippen LogP contribution in [0.2, 0.25) is 0 Å². The summed E-state index contributed by atoms with van der Waals surface area (Å²) < 4.78 is 7.94. The number of rotatable bonds is 7. The van der Waals surface area contributed by atoms with E-state index in [0.717, 1.165) is 12.8 Å². The average molecular weight is 409 g/mol. The molecular weight excluding hydrogens is 390 g/mol. The van der Waals surface area contributed by atoms with Gasteiger partial charge in [0.15, 0.2) is 4.80 Å². The molecule has 1 amide bonds. The Labute approximate surface area is 171 Å². The number of nitro groups is 1. The van der Waals surface area contributed by atoms with E-state index in [2.05, 4.69) is 17.8 Å². The van der Waals surface area contributed by atoms with Crippen molar-refractivity contribution in [3.05, 3.63) is 62.9 Å². The summed E-state index contributed by atoms with van der Waals surface area (Å²) >= 11 is 1.19. The summed E-state index contributed by atoms with van der Waals surface area (Å²) in [6, 6.07) is 11.3. The number of unbranched alkanes of at least 4 members (excludes halogenated alkanes) is 1. The minimum Gasteiger partial charge on any atom is -0.494 e. The maximum absolute atomic E-state index is 12.6. The SMILES string of the molecule is C#CCn1c(=NC(=O)c2ccc(OCCCC)cc2)sc2cc([N+](=O)[O-])ccc21. The van der Waals surface area contributed by atoms with Gasteiger partial charge in [-0.15, -0.1) is 6.42 Å². The fourth-order valence-corrected chi connectivity index (χ4v) is 3.75. The Bertz CT molecular complexity index is 1150. The van der Waals surface area contributed by atoms with E-state index in [4.69, 9.17) is 11.2 Å². The van der Waals surface area contributed by atoms with Gasteiger partial charge in [-0.05, 0) is 36.8 Å². The number of hydrogen-bond donors (Lipinski definition) is 0. The van der Waals surface area contributed by atoms with Crippen LogP contribution in [0.1, 0.15) is 30.1 Å². The molecular formula is C21H19N3O4S. The highest BCUT2D eigenvalue weighted by molar-refractivity contribution is 7.16. The van der Waals surface area contributed by atoms with Gasteiger partial charge in [-0.2, -0.15) is 4.99 Å². The number of fused-ring (bicyclic) bond motifs is 1. The minimum absolute atomic E-state index is 0.0249. The van der Waals surface area contributed by atoms with Gasteiger partial charge < -0.3 is 9.30 Å². The van der Waals surface area contributed by atoms with Crippen LogP contribution in [-0.2, 0) is 6.54 Å². The summed E-state index contributed by atoms with van der Waals surface area (Å²) in [5.74, 6) is 2.81. The van der Waals surface area contributed by atoms with Crippen molar-refractivity contribution in [1.29, 1.82) is 0 Å². The molecule has 0 fully saturated rings. The van der Waals surface area contributed by atoms with Crippen molar-refractivity contribution in [3.8, 4) is 18.1 Å². The van der Waals surface area contributed by atoms with Crippen molar-refractivity contribution in [3.63, 3.8) is 0 Å². The van der Waals surface area contributed by atoms with Crippen LogP contribution in [0, 0.1) is 22.5 Å². The van der Waals surface area contributed by atoms with E-state index in [1.807, 2.05) is 0 Å². The van der Waals surface area contributed by atoms with E-state index in [1.54, 1.807) is 34.9 Å². The lowest BCUT2D eigenvalue weighted by molar-refractivity contribution is -0.384. The van der Waals surface area contributed by atoms with Gasteiger partial charge in [0, 0.05) is 17.7 Å². The third-order valence-electron chi connectivity index (χ3n) is 4.19. The summed E-state index contributed by atoms with van der Waals surface area (Å²) in [6.45, 7) is 2.92. The Morgan fingerprint density at radius 1 is 1.31 bits per heavy atom. The Morgan fingerprint density at radius 2 is 2.07 bits per heavy atom. The maximum Gasteiger partial charge on any atom is 0.279 e. The third-order valence-corrected chi connectivity index (χ3v) is 5.23. The van der Waals surface area contributed by atoms with Crippen LogP contribution in [-0.4, -0.2) is 22.0 Å². The van der Waals surface area contributed by atoms with Gasteiger partial charge in [-0.25, -0.2) is 0 Å². The topological polar surface area (TPSA) is 86.7 Å². The molecule has 148 valence electrons. The molecule has 7 nitrogen and oxygen atoms in total. The van der Waals surface area contributed by atoms with Gasteiger partial charge in [0.1, 0.15) is 5.75 Å². The van der Waals surface area contributed by atoms with Crippen LogP contribution >= 0.6 is 11.3 Å². The van der Waals surface area contributed by atoms with E-state index in [9.17, 15) is 14.9 Å². The number of aromatic nitrogens is 1. The van der Waals surface area contributed by atoms with E-state index in [0.29, 0.717) is 32.9 Å². The number of benzene rings is 2. The average Bonchev–Trinajstić information content (AvgIpc) is 3.05. The summed E-state index contributed by atoms with van der Waals surface area (Å²) in [6.07, 6.45) is 7.47. The highest BCUT2D eigenvalue weighted by atomic mass is 32.1. The van der Waals surface area contributed by atoms with E-state index >= 15 is 0 Å². The molecule has 0 saturated carbocycles. The van der Waals surface area contributed by atoms with E-state index in [-0.39, 0.29) is 12.2 Å². The quantitative estimate of drug-likeness (QED) is 0.254. The van der Waals surface area contributed by atoms with Crippen molar-refractivity contribution in [1.82, 2.24) is 4.57 Å². The first-order valence-electron chi connectivity index (χ1n) is 9.06. The number of amides is 1. The molecule has 0 unspecified atom stereocenters.